The van der Waals surface area contributed by atoms with Gasteiger partial charge in [-0.15, -0.1) is 0 Å². The molecule has 1 atom stereocenters. The van der Waals surface area contributed by atoms with E-state index in [-0.39, 0.29) is 17.5 Å². The molecule has 35 heavy (non-hydrogen) atoms. The maximum absolute atomic E-state index is 13.1. The van der Waals surface area contributed by atoms with Crippen molar-refractivity contribution in [2.24, 2.45) is 11.3 Å². The minimum absolute atomic E-state index is 0.126. The van der Waals surface area contributed by atoms with Gasteiger partial charge < -0.3 is 18.6 Å². The molecule has 0 spiro atoms. The number of imidazole rings is 1. The van der Waals surface area contributed by atoms with E-state index in [0.717, 1.165) is 31.2 Å². The molecule has 0 amide bonds. The van der Waals surface area contributed by atoms with E-state index in [0.29, 0.717) is 49.3 Å². The number of carbonyl (C=O) groups is 1. The summed E-state index contributed by atoms with van der Waals surface area (Å²) in [6, 6.07) is 5.11. The van der Waals surface area contributed by atoms with Gasteiger partial charge in [0.2, 0.25) is 0 Å². The largest absolute Gasteiger partial charge is 0.492 e. The molecule has 0 unspecified atom stereocenters. The predicted octanol–water partition coefficient (Wildman–Crippen LogP) is 4.17. The summed E-state index contributed by atoms with van der Waals surface area (Å²) < 4.78 is 57.9. The minimum Gasteiger partial charge on any atom is -0.492 e. The molecule has 3 aromatic rings. The van der Waals surface area contributed by atoms with Gasteiger partial charge in [-0.1, -0.05) is 13.0 Å². The zero-order valence-corrected chi connectivity index (χ0v) is 19.3. The molecule has 186 valence electrons. The molecule has 7 nitrogen and oxygen atoms in total. The highest BCUT2D eigenvalue weighted by atomic mass is 19.4. The van der Waals surface area contributed by atoms with Crippen LogP contribution >= 0.6 is 0 Å². The highest BCUT2D eigenvalue weighted by Crippen LogP contribution is 2.31. The van der Waals surface area contributed by atoms with Gasteiger partial charge in [0.25, 0.3) is 0 Å². The summed E-state index contributed by atoms with van der Waals surface area (Å²) in [4.78, 5) is 21.2. The van der Waals surface area contributed by atoms with Gasteiger partial charge >= 0.3 is 6.18 Å². The van der Waals surface area contributed by atoms with Crippen molar-refractivity contribution in [2.45, 2.75) is 32.4 Å². The molecule has 0 N–H and O–H groups in total. The number of hydrogen-bond donors (Lipinski definition) is 0. The van der Waals surface area contributed by atoms with Crippen molar-refractivity contribution >= 4 is 11.4 Å². The summed E-state index contributed by atoms with van der Waals surface area (Å²) in [6.07, 6.45) is 0.673. The van der Waals surface area contributed by atoms with Crippen LogP contribution in [-0.2, 0) is 28.5 Å². The summed E-state index contributed by atoms with van der Waals surface area (Å²) in [5.41, 5.74) is 0.685. The number of ether oxygens (including phenoxy) is 3. The summed E-state index contributed by atoms with van der Waals surface area (Å²) >= 11 is 0. The number of hydrogen-bond acceptors (Lipinski definition) is 6. The van der Waals surface area contributed by atoms with Crippen molar-refractivity contribution in [2.75, 3.05) is 33.0 Å². The average molecular weight is 489 g/mol. The predicted molar refractivity (Wildman–Crippen MR) is 120 cm³/mol. The fourth-order valence-electron chi connectivity index (χ4n) is 4.31. The van der Waals surface area contributed by atoms with Crippen LogP contribution in [0, 0.1) is 11.3 Å². The highest BCUT2D eigenvalue weighted by Gasteiger charge is 2.35. The molecular formula is C25H26F3N3O4. The zero-order valence-electron chi connectivity index (χ0n) is 19.3. The molecule has 2 aliphatic rings. The normalized spacial score (nSPS) is 19.6. The van der Waals surface area contributed by atoms with Crippen molar-refractivity contribution in [3.05, 3.63) is 59.3 Å². The second-order valence-corrected chi connectivity index (χ2v) is 9.69. The topological polar surface area (TPSA) is 75.0 Å². The third-order valence-corrected chi connectivity index (χ3v) is 6.36. The lowest BCUT2D eigenvalue weighted by Crippen LogP contribution is -2.44. The van der Waals surface area contributed by atoms with Crippen LogP contribution in [0.15, 0.2) is 36.7 Å². The fraction of sp³-hybridized carbons (Fsp3) is 0.480. The van der Waals surface area contributed by atoms with Gasteiger partial charge in [0.05, 0.1) is 25.5 Å². The second-order valence-electron chi connectivity index (χ2n) is 9.69. The lowest BCUT2D eigenvalue weighted by atomic mass is 9.90. The number of halogens is 3. The van der Waals surface area contributed by atoms with E-state index in [9.17, 15) is 18.0 Å². The van der Waals surface area contributed by atoms with Gasteiger partial charge in [-0.2, -0.15) is 13.2 Å². The molecular weight excluding hydrogens is 463 g/mol. The number of Topliss-reactive ketones (excluding diaryl/α,β-unsaturated/α-hetero) is 1. The van der Waals surface area contributed by atoms with E-state index in [1.165, 1.54) is 12.1 Å². The lowest BCUT2D eigenvalue weighted by molar-refractivity contribution is -0.141. The average Bonchev–Trinajstić information content (AvgIpc) is 3.45. The van der Waals surface area contributed by atoms with Crippen LogP contribution in [0.5, 0.6) is 5.75 Å². The lowest BCUT2D eigenvalue weighted by Gasteiger charge is -2.37. The SMILES string of the molecule is CC1(COc2cc3nc(C[C@@H]4CCOC4)cn3cc2CC(=O)c2cccc(C(F)(F)F)n2)COC1. The molecule has 2 aliphatic heterocycles. The van der Waals surface area contributed by atoms with Crippen LogP contribution in [0.3, 0.4) is 0 Å². The molecule has 5 rings (SSSR count). The molecule has 2 fully saturated rings. The highest BCUT2D eigenvalue weighted by molar-refractivity contribution is 5.96. The first kappa shape index (κ1) is 23.7. The Morgan fingerprint density at radius 2 is 2.06 bits per heavy atom. The molecule has 2 saturated heterocycles. The molecule has 0 aliphatic carbocycles. The molecule has 0 radical (unpaired) electrons. The summed E-state index contributed by atoms with van der Waals surface area (Å²) in [5, 5.41) is 0. The van der Waals surface area contributed by atoms with Crippen molar-refractivity contribution in [1.82, 2.24) is 14.4 Å². The Labute approximate surface area is 200 Å². The van der Waals surface area contributed by atoms with Crippen molar-refractivity contribution in [1.29, 1.82) is 0 Å². The fourth-order valence-corrected chi connectivity index (χ4v) is 4.31. The maximum atomic E-state index is 13.1. The molecule has 0 bridgehead atoms. The Morgan fingerprint density at radius 3 is 2.74 bits per heavy atom. The van der Waals surface area contributed by atoms with Gasteiger partial charge in [0, 0.05) is 49.1 Å². The van der Waals surface area contributed by atoms with E-state index in [2.05, 4.69) is 4.98 Å². The molecule has 3 aromatic heterocycles. The van der Waals surface area contributed by atoms with Crippen LogP contribution < -0.4 is 4.74 Å². The first-order valence-corrected chi connectivity index (χ1v) is 11.5. The monoisotopic (exact) mass is 489 g/mol. The molecule has 0 saturated carbocycles. The van der Waals surface area contributed by atoms with Crippen LogP contribution in [0.2, 0.25) is 0 Å². The zero-order chi connectivity index (χ0) is 24.6. The Kier molecular flexibility index (Phi) is 6.27. The van der Waals surface area contributed by atoms with Crippen LogP contribution in [0.25, 0.3) is 5.65 Å². The van der Waals surface area contributed by atoms with Gasteiger partial charge in [0.1, 0.15) is 22.8 Å². The Bertz CT molecular complexity index is 1230. The van der Waals surface area contributed by atoms with E-state index in [1.54, 1.807) is 12.3 Å². The van der Waals surface area contributed by atoms with Crippen molar-refractivity contribution in [3.8, 4) is 5.75 Å². The van der Waals surface area contributed by atoms with Gasteiger partial charge in [-0.25, -0.2) is 9.97 Å². The Morgan fingerprint density at radius 1 is 1.23 bits per heavy atom. The molecule has 0 aromatic carbocycles. The number of alkyl halides is 3. The van der Waals surface area contributed by atoms with Crippen LogP contribution in [0.4, 0.5) is 13.2 Å². The molecule has 10 heteroatoms. The number of aromatic nitrogens is 3. The van der Waals surface area contributed by atoms with Gasteiger partial charge in [0.15, 0.2) is 5.78 Å². The third-order valence-electron chi connectivity index (χ3n) is 6.36. The summed E-state index contributed by atoms with van der Waals surface area (Å²) in [5.74, 6) is 0.372. The third kappa shape index (κ3) is 5.33. The van der Waals surface area contributed by atoms with Crippen molar-refractivity contribution < 1.29 is 32.2 Å². The minimum atomic E-state index is -4.62. The standard InChI is InChI=1S/C25H26F3N3O4/c1-24(13-34-14-24)15-35-21-9-23-29-18(7-16-5-6-33-12-16)11-31(23)10-17(21)8-20(32)19-3-2-4-22(30-19)25(26,27)28/h2-4,9-11,16H,5-8,12-15H2,1H3/t16-/m0/s1. The molecule has 5 heterocycles. The Balaban J connectivity index is 1.43. The van der Waals surface area contributed by atoms with E-state index >= 15 is 0 Å². The van der Waals surface area contributed by atoms with E-state index < -0.39 is 17.7 Å². The summed E-state index contributed by atoms with van der Waals surface area (Å²) in [6.45, 7) is 5.06. The number of pyridine rings is 2. The van der Waals surface area contributed by atoms with E-state index in [1.807, 2.05) is 17.5 Å². The van der Waals surface area contributed by atoms with Gasteiger partial charge in [-0.3, -0.25) is 4.79 Å². The maximum Gasteiger partial charge on any atom is 0.433 e. The second kappa shape index (κ2) is 9.23. The smallest absolute Gasteiger partial charge is 0.433 e. The summed E-state index contributed by atoms with van der Waals surface area (Å²) in [7, 11) is 0. The number of carbonyl (C=O) groups excluding carboxylic acids is 1. The quantitative estimate of drug-likeness (QED) is 0.443. The number of nitrogens with zero attached hydrogens (tertiary/aromatic N) is 3. The first-order chi connectivity index (χ1) is 16.7. The van der Waals surface area contributed by atoms with Crippen LogP contribution in [0.1, 0.15) is 40.8 Å². The van der Waals surface area contributed by atoms with Crippen LogP contribution in [-0.4, -0.2) is 53.2 Å². The van der Waals surface area contributed by atoms with E-state index in [4.69, 9.17) is 19.2 Å². The van der Waals surface area contributed by atoms with Gasteiger partial charge in [-0.05, 0) is 30.9 Å². The number of ketones is 1. The first-order valence-electron chi connectivity index (χ1n) is 11.5. The Hall–Kier alpha value is -2.98. The van der Waals surface area contributed by atoms with Crippen molar-refractivity contribution in [3.63, 3.8) is 0 Å². The number of rotatable bonds is 8. The number of fused-ring (bicyclic) bond motifs is 1.